The maximum Gasteiger partial charge on any atom is 0.108 e. The minimum absolute atomic E-state index is 0.382. The molecule has 0 radical (unpaired) electrons. The molecule has 0 saturated heterocycles. The van der Waals surface area contributed by atoms with Crippen molar-refractivity contribution in [2.45, 2.75) is 23.8 Å². The van der Waals surface area contributed by atoms with Gasteiger partial charge in [-0.1, -0.05) is 12.1 Å². The quantitative estimate of drug-likeness (QED) is 0.822. The van der Waals surface area contributed by atoms with Crippen molar-refractivity contribution in [1.29, 1.82) is 0 Å². The molecule has 0 amide bonds. The van der Waals surface area contributed by atoms with Crippen molar-refractivity contribution < 1.29 is 0 Å². The number of hydrogen-bond donors (Lipinski definition) is 1. The van der Waals surface area contributed by atoms with Crippen LogP contribution in [0.1, 0.15) is 23.9 Å². The van der Waals surface area contributed by atoms with E-state index >= 15 is 0 Å². The summed E-state index contributed by atoms with van der Waals surface area (Å²) in [5, 5.41) is 3.39. The molecule has 0 saturated carbocycles. The number of hydrogen-bond acceptors (Lipinski definition) is 3. The van der Waals surface area contributed by atoms with Gasteiger partial charge in [0.15, 0.2) is 0 Å². The maximum atomic E-state index is 4.37. The summed E-state index contributed by atoms with van der Waals surface area (Å²) in [5.41, 5.74) is 1.34. The van der Waals surface area contributed by atoms with E-state index in [1.54, 1.807) is 11.8 Å². The second kappa shape index (κ2) is 6.78. The van der Waals surface area contributed by atoms with Crippen LogP contribution in [0.4, 0.5) is 0 Å². The largest absolute Gasteiger partial charge is 0.338 e. The lowest BCUT2D eigenvalue weighted by Gasteiger charge is -2.16. The highest BCUT2D eigenvalue weighted by molar-refractivity contribution is 7.98. The summed E-state index contributed by atoms with van der Waals surface area (Å²) in [6.07, 6.45) is 8.00. The number of aromatic nitrogens is 2. The number of benzene rings is 1. The van der Waals surface area contributed by atoms with E-state index in [1.807, 2.05) is 26.5 Å². The predicted octanol–water partition coefficient (Wildman–Crippen LogP) is 3.04. The Labute approximate surface area is 119 Å². The van der Waals surface area contributed by atoms with E-state index < -0.39 is 0 Å². The Morgan fingerprint density at radius 2 is 2.05 bits per heavy atom. The van der Waals surface area contributed by atoms with Crippen LogP contribution in [0, 0.1) is 0 Å². The molecule has 3 nitrogen and oxygen atoms in total. The van der Waals surface area contributed by atoms with Crippen LogP contribution in [0.5, 0.6) is 0 Å². The van der Waals surface area contributed by atoms with Gasteiger partial charge in [0, 0.05) is 36.8 Å². The lowest BCUT2D eigenvalue weighted by molar-refractivity contribution is 0.535. The SMILES string of the molecule is CNC(CCc1nccn1C)c1ccc(SC)cc1. The van der Waals surface area contributed by atoms with E-state index in [0.717, 1.165) is 18.7 Å². The van der Waals surface area contributed by atoms with Gasteiger partial charge in [-0.05, 0) is 37.4 Å². The Hall–Kier alpha value is -1.26. The van der Waals surface area contributed by atoms with E-state index in [2.05, 4.69) is 45.4 Å². The maximum absolute atomic E-state index is 4.37. The first kappa shape index (κ1) is 14.2. The molecule has 0 aliphatic heterocycles. The monoisotopic (exact) mass is 275 g/mol. The molecule has 0 spiro atoms. The molecule has 1 aromatic heterocycles. The molecular formula is C15H21N3S. The van der Waals surface area contributed by atoms with E-state index in [1.165, 1.54) is 10.5 Å². The fourth-order valence-corrected chi connectivity index (χ4v) is 2.63. The first-order chi connectivity index (χ1) is 9.24. The lowest BCUT2D eigenvalue weighted by atomic mass is 10.0. The van der Waals surface area contributed by atoms with Crippen molar-refractivity contribution in [1.82, 2.24) is 14.9 Å². The highest BCUT2D eigenvalue weighted by Crippen LogP contribution is 2.22. The highest BCUT2D eigenvalue weighted by atomic mass is 32.2. The van der Waals surface area contributed by atoms with Crippen LogP contribution in [0.25, 0.3) is 0 Å². The van der Waals surface area contributed by atoms with E-state index in [-0.39, 0.29) is 0 Å². The van der Waals surface area contributed by atoms with Gasteiger partial charge in [0.1, 0.15) is 5.82 Å². The fraction of sp³-hybridized carbons (Fsp3) is 0.400. The molecule has 0 bridgehead atoms. The summed E-state index contributed by atoms with van der Waals surface area (Å²) in [7, 11) is 4.07. The molecule has 1 atom stereocenters. The van der Waals surface area contributed by atoms with Gasteiger partial charge in [0.2, 0.25) is 0 Å². The number of nitrogens with one attached hydrogen (secondary N) is 1. The van der Waals surface area contributed by atoms with Crippen LogP contribution < -0.4 is 5.32 Å². The zero-order chi connectivity index (χ0) is 13.7. The van der Waals surface area contributed by atoms with Gasteiger partial charge in [-0.2, -0.15) is 0 Å². The van der Waals surface area contributed by atoms with Crippen LogP contribution in [0.15, 0.2) is 41.6 Å². The number of imidazole rings is 1. The van der Waals surface area contributed by atoms with E-state index in [9.17, 15) is 0 Å². The molecule has 4 heteroatoms. The van der Waals surface area contributed by atoms with Gasteiger partial charge in [-0.15, -0.1) is 11.8 Å². The number of aryl methyl sites for hydroxylation is 2. The molecule has 1 unspecified atom stereocenters. The van der Waals surface area contributed by atoms with Crippen molar-refractivity contribution in [2.24, 2.45) is 7.05 Å². The average molecular weight is 275 g/mol. The summed E-state index contributed by atoms with van der Waals surface area (Å²) in [4.78, 5) is 5.68. The molecule has 0 fully saturated rings. The van der Waals surface area contributed by atoms with E-state index in [0.29, 0.717) is 6.04 Å². The molecule has 2 aromatic rings. The Morgan fingerprint density at radius 3 is 2.58 bits per heavy atom. The lowest BCUT2D eigenvalue weighted by Crippen LogP contribution is -2.17. The minimum atomic E-state index is 0.382. The van der Waals surface area contributed by atoms with Crippen molar-refractivity contribution in [2.75, 3.05) is 13.3 Å². The third kappa shape index (κ3) is 3.61. The van der Waals surface area contributed by atoms with Crippen LogP contribution in [-0.4, -0.2) is 22.9 Å². The molecule has 0 aliphatic rings. The topological polar surface area (TPSA) is 29.9 Å². The average Bonchev–Trinajstić information content (AvgIpc) is 2.86. The summed E-state index contributed by atoms with van der Waals surface area (Å²) >= 11 is 1.78. The summed E-state index contributed by atoms with van der Waals surface area (Å²) in [6.45, 7) is 0. The van der Waals surface area contributed by atoms with Gasteiger partial charge in [-0.3, -0.25) is 0 Å². The molecule has 0 aliphatic carbocycles. The molecule has 1 N–H and O–H groups in total. The second-order valence-electron chi connectivity index (χ2n) is 4.61. The summed E-state index contributed by atoms with van der Waals surface area (Å²) < 4.78 is 2.09. The molecular weight excluding hydrogens is 254 g/mol. The molecule has 2 rings (SSSR count). The van der Waals surface area contributed by atoms with Gasteiger partial charge >= 0.3 is 0 Å². The third-order valence-corrected chi connectivity index (χ3v) is 4.19. The van der Waals surface area contributed by atoms with Crippen molar-refractivity contribution in [3.05, 3.63) is 48.0 Å². The Bertz CT molecular complexity index is 504. The molecule has 1 aromatic carbocycles. The Morgan fingerprint density at radius 1 is 1.32 bits per heavy atom. The van der Waals surface area contributed by atoms with Crippen molar-refractivity contribution >= 4 is 11.8 Å². The molecule has 102 valence electrons. The van der Waals surface area contributed by atoms with Crippen LogP contribution in [-0.2, 0) is 13.5 Å². The third-order valence-electron chi connectivity index (χ3n) is 3.44. The van der Waals surface area contributed by atoms with E-state index in [4.69, 9.17) is 0 Å². The predicted molar refractivity (Wildman–Crippen MR) is 81.6 cm³/mol. The standard InChI is InChI=1S/C15H21N3S/c1-16-14(8-9-15-17-10-11-18(15)2)12-4-6-13(19-3)7-5-12/h4-7,10-11,14,16H,8-9H2,1-3H3. The number of thioether (sulfide) groups is 1. The van der Waals surface area contributed by atoms with Crippen LogP contribution >= 0.6 is 11.8 Å². The second-order valence-corrected chi connectivity index (χ2v) is 5.49. The number of nitrogens with zero attached hydrogens (tertiary/aromatic N) is 2. The fourth-order valence-electron chi connectivity index (χ4n) is 2.22. The molecule has 19 heavy (non-hydrogen) atoms. The first-order valence-corrected chi connectivity index (χ1v) is 7.74. The van der Waals surface area contributed by atoms with Crippen molar-refractivity contribution in [3.8, 4) is 0 Å². The smallest absolute Gasteiger partial charge is 0.108 e. The zero-order valence-corrected chi connectivity index (χ0v) is 12.6. The van der Waals surface area contributed by atoms with Gasteiger partial charge in [0.05, 0.1) is 0 Å². The minimum Gasteiger partial charge on any atom is -0.338 e. The zero-order valence-electron chi connectivity index (χ0n) is 11.8. The highest BCUT2D eigenvalue weighted by Gasteiger charge is 2.10. The van der Waals surface area contributed by atoms with Crippen LogP contribution in [0.2, 0.25) is 0 Å². The van der Waals surface area contributed by atoms with Gasteiger partial charge < -0.3 is 9.88 Å². The van der Waals surface area contributed by atoms with Crippen LogP contribution in [0.3, 0.4) is 0 Å². The number of rotatable bonds is 6. The Kier molecular flexibility index (Phi) is 5.05. The molecule has 1 heterocycles. The normalized spacial score (nSPS) is 12.6. The first-order valence-electron chi connectivity index (χ1n) is 6.52. The Balaban J connectivity index is 2.01. The van der Waals surface area contributed by atoms with Gasteiger partial charge in [0.25, 0.3) is 0 Å². The van der Waals surface area contributed by atoms with Crippen molar-refractivity contribution in [3.63, 3.8) is 0 Å². The van der Waals surface area contributed by atoms with Gasteiger partial charge in [-0.25, -0.2) is 4.98 Å². The summed E-state index contributed by atoms with van der Waals surface area (Å²) in [5.74, 6) is 1.14. The summed E-state index contributed by atoms with van der Waals surface area (Å²) in [6, 6.07) is 9.18.